The van der Waals surface area contributed by atoms with E-state index in [-0.39, 0.29) is 5.31 Å². The Hall–Kier alpha value is -0.0800. The lowest BCUT2D eigenvalue weighted by atomic mass is 10.5. The van der Waals surface area contributed by atoms with Crippen molar-refractivity contribution in [2.45, 2.75) is 0 Å². The molecule has 1 N–H and O–H groups in total. The van der Waals surface area contributed by atoms with Crippen molar-refractivity contribution in [2.24, 2.45) is 0 Å². The first-order chi connectivity index (χ1) is 6.02. The molecule has 0 radical (unpaired) electrons. The van der Waals surface area contributed by atoms with Crippen molar-refractivity contribution < 1.29 is 15.7 Å². The average molecular weight is 95.2 g/mol. The van der Waals surface area contributed by atoms with Crippen LogP contribution < -0.4 is 5.31 Å². The molecule has 1 unspecified atom stereocenters. The Morgan fingerprint density at radius 3 is 3.83 bits per heavy atom. The molecule has 0 amide bonds. The van der Waals surface area contributed by atoms with Crippen LogP contribution in [0.25, 0.3) is 0 Å². The molecule has 2 heteroatoms. The predicted octanol–water partition coefficient (Wildman–Crippen LogP) is -0.394. The number of morpholine rings is 1. The van der Waals surface area contributed by atoms with Gasteiger partial charge >= 0.3 is 0 Å². The molecule has 0 bridgehead atoms. The van der Waals surface area contributed by atoms with Crippen molar-refractivity contribution in [1.29, 1.82) is 0 Å². The number of hydrogen-bond acceptors (Lipinski definition) is 2. The Kier molecular flexibility index (Phi) is 0.266. The first kappa shape index (κ1) is 0.740. The minimum absolute atomic E-state index is 0.0729. The fourth-order valence-electron chi connectivity index (χ4n) is 0.164. The zero-order valence-corrected chi connectivity index (χ0v) is 2.93. The minimum atomic E-state index is -2.96. The summed E-state index contributed by atoms with van der Waals surface area (Å²) in [6, 6.07) is 0. The van der Waals surface area contributed by atoms with Crippen molar-refractivity contribution >= 4 is 0 Å². The zero-order chi connectivity index (χ0) is 11.4. The summed E-state index contributed by atoms with van der Waals surface area (Å²) in [6.45, 7) is -10.5. The van der Waals surface area contributed by atoms with Gasteiger partial charge in [-0.2, -0.15) is 0 Å². The molecule has 0 saturated carbocycles. The molecule has 0 aromatic carbocycles. The summed E-state index contributed by atoms with van der Waals surface area (Å²) in [5, 5.41) is -0.0729. The summed E-state index contributed by atoms with van der Waals surface area (Å²) in [4.78, 5) is 0. The van der Waals surface area contributed by atoms with E-state index in [4.69, 9.17) is 11.0 Å². The molecule has 1 aliphatic rings. The van der Waals surface area contributed by atoms with E-state index in [2.05, 4.69) is 4.74 Å². The lowest BCUT2D eigenvalue weighted by Crippen LogP contribution is -2.30. The highest BCUT2D eigenvalue weighted by Gasteiger charge is 1.92. The summed E-state index contributed by atoms with van der Waals surface area (Å²) >= 11 is 0. The second-order valence-corrected chi connectivity index (χ2v) is 0.692. The van der Waals surface area contributed by atoms with Crippen molar-refractivity contribution in [3.8, 4) is 0 Å². The molecule has 0 aromatic heterocycles. The molecule has 1 saturated heterocycles. The summed E-state index contributed by atoms with van der Waals surface area (Å²) < 4.78 is 61.1. The van der Waals surface area contributed by atoms with Crippen molar-refractivity contribution in [3.05, 3.63) is 0 Å². The highest BCUT2D eigenvalue weighted by Crippen LogP contribution is 1.76. The van der Waals surface area contributed by atoms with Crippen LogP contribution in [0.5, 0.6) is 0 Å². The molecule has 2 nitrogen and oxygen atoms in total. The van der Waals surface area contributed by atoms with Crippen molar-refractivity contribution in [2.75, 3.05) is 26.1 Å². The van der Waals surface area contributed by atoms with Crippen molar-refractivity contribution in [1.82, 2.24) is 5.31 Å². The average Bonchev–Trinajstić information content (AvgIpc) is 1.97. The third-order valence-corrected chi connectivity index (χ3v) is 0.337. The molecule has 1 aliphatic heterocycles. The van der Waals surface area contributed by atoms with Gasteiger partial charge in [0.2, 0.25) is 0 Å². The van der Waals surface area contributed by atoms with Crippen LogP contribution in [0.4, 0.5) is 0 Å². The molecule has 0 aliphatic carbocycles. The van der Waals surface area contributed by atoms with Crippen LogP contribution >= 0.6 is 0 Å². The lowest BCUT2D eigenvalue weighted by molar-refractivity contribution is 0.109. The number of hydrogen-bond donors (Lipinski definition) is 1. The standard InChI is InChI=1S/C4H9NO/c1-3-6-4-2-5-1/h5H,1-4H2/i1D,2D2,3D2,4D2/hD. The van der Waals surface area contributed by atoms with E-state index >= 15 is 0 Å². The first-order valence-corrected chi connectivity index (χ1v) is 1.43. The second-order valence-electron chi connectivity index (χ2n) is 0.692. The Morgan fingerprint density at radius 1 is 1.83 bits per heavy atom. The largest absolute Gasteiger partial charge is 0.379 e. The van der Waals surface area contributed by atoms with Crippen LogP contribution in [0.1, 0.15) is 9.60 Å². The summed E-state index contributed by atoms with van der Waals surface area (Å²) in [7, 11) is 0. The normalized spacial score (nSPS) is 84.3. The lowest BCUT2D eigenvalue weighted by Gasteiger charge is -2.10. The Bertz CT molecular complexity index is 241. The molecule has 36 valence electrons. The molecular weight excluding hydrogens is 78.0 g/mol. The Labute approximate surface area is 48.8 Å². The van der Waals surface area contributed by atoms with Gasteiger partial charge in [0, 0.05) is 17.1 Å². The van der Waals surface area contributed by atoms with Crippen LogP contribution in [0.3, 0.4) is 0 Å². The van der Waals surface area contributed by atoms with E-state index in [1.807, 2.05) is 0 Å². The van der Waals surface area contributed by atoms with Gasteiger partial charge in [0.1, 0.15) is 1.41 Å². The van der Waals surface area contributed by atoms with Gasteiger partial charge in [0.15, 0.2) is 0 Å². The molecule has 1 atom stereocenters. The molecule has 1 heterocycles. The topological polar surface area (TPSA) is 21.3 Å². The highest BCUT2D eigenvalue weighted by molar-refractivity contribution is 4.49. The monoisotopic (exact) mass is 95.1 g/mol. The quantitative estimate of drug-likeness (QED) is 0.442. The predicted molar refractivity (Wildman–Crippen MR) is 23.7 cm³/mol. The van der Waals surface area contributed by atoms with Gasteiger partial charge in [0.25, 0.3) is 0 Å². The molecule has 6 heavy (non-hydrogen) atoms. The number of rotatable bonds is 0. The van der Waals surface area contributed by atoms with E-state index in [0.717, 1.165) is 0 Å². The van der Waals surface area contributed by atoms with Crippen LogP contribution in [0, 0.1) is 0 Å². The van der Waals surface area contributed by atoms with E-state index in [9.17, 15) is 0 Å². The SMILES string of the molecule is [2H]C1N([2H])C([2H])([2H])C([2H])([2H])OC1([2H])[2H]. The maximum Gasteiger partial charge on any atom is 0.122 e. The highest BCUT2D eigenvalue weighted by atomic mass is 16.5. The maximum atomic E-state index is 7.16. The maximum absolute atomic E-state index is 7.16. The molecule has 0 spiro atoms. The van der Waals surface area contributed by atoms with Crippen molar-refractivity contribution in [3.63, 3.8) is 0 Å². The molecule has 1 rings (SSSR count). The van der Waals surface area contributed by atoms with E-state index in [0.29, 0.717) is 0 Å². The fraction of sp³-hybridized carbons (Fsp3) is 1.00. The van der Waals surface area contributed by atoms with Gasteiger partial charge in [-0.25, -0.2) is 0 Å². The van der Waals surface area contributed by atoms with Gasteiger partial charge in [-0.15, -0.1) is 0 Å². The summed E-state index contributed by atoms with van der Waals surface area (Å²) in [6.07, 6.45) is 0. The minimum Gasteiger partial charge on any atom is -0.379 e. The Morgan fingerprint density at radius 2 is 2.83 bits per heavy atom. The smallest absolute Gasteiger partial charge is 0.122 e. The van der Waals surface area contributed by atoms with Crippen LogP contribution in [0.2, 0.25) is 1.41 Å². The summed E-state index contributed by atoms with van der Waals surface area (Å²) in [5.74, 6) is 0. The third kappa shape index (κ3) is 0.954. The summed E-state index contributed by atoms with van der Waals surface area (Å²) in [5.41, 5.74) is 0. The van der Waals surface area contributed by atoms with E-state index < -0.39 is 26.1 Å². The van der Waals surface area contributed by atoms with Crippen LogP contribution in [-0.2, 0) is 4.74 Å². The van der Waals surface area contributed by atoms with Crippen LogP contribution in [-0.4, -0.2) is 26.1 Å². The van der Waals surface area contributed by atoms with Gasteiger partial charge in [-0.1, -0.05) is 0 Å². The van der Waals surface area contributed by atoms with Gasteiger partial charge in [-0.3, -0.25) is 0 Å². The zero-order valence-electron chi connectivity index (χ0n) is 10.9. The van der Waals surface area contributed by atoms with Gasteiger partial charge in [-0.05, 0) is 0 Å². The molecule has 1 fully saturated rings. The fourth-order valence-corrected chi connectivity index (χ4v) is 0.164. The van der Waals surface area contributed by atoms with E-state index in [1.54, 1.807) is 0 Å². The number of ether oxygens (including phenoxy) is 1. The molecule has 0 aromatic rings. The van der Waals surface area contributed by atoms with E-state index in [1.165, 1.54) is 0 Å². The molecular formula is C4H9NO. The second kappa shape index (κ2) is 2.16. The first-order valence-electron chi connectivity index (χ1n) is 5.45. The number of nitrogens with one attached hydrogen (secondary N) is 1. The Balaban J connectivity index is 3.09. The van der Waals surface area contributed by atoms with Crippen LogP contribution in [0.15, 0.2) is 0 Å². The van der Waals surface area contributed by atoms with Gasteiger partial charge in [0.05, 0.1) is 18.6 Å². The van der Waals surface area contributed by atoms with Gasteiger partial charge < -0.3 is 10.0 Å². The third-order valence-electron chi connectivity index (χ3n) is 0.337.